The van der Waals surface area contributed by atoms with E-state index in [9.17, 15) is 9.90 Å². The Morgan fingerprint density at radius 1 is 1.71 bits per heavy atom. The van der Waals surface area contributed by atoms with Gasteiger partial charge in [-0.2, -0.15) is 11.3 Å². The van der Waals surface area contributed by atoms with Crippen LogP contribution < -0.4 is 5.32 Å². The Labute approximate surface area is 105 Å². The molecule has 1 aromatic heterocycles. The molecule has 0 aromatic carbocycles. The summed E-state index contributed by atoms with van der Waals surface area (Å²) in [5, 5.41) is 16.7. The fraction of sp³-hybridized carbons (Fsp3) is 0.417. The van der Waals surface area contributed by atoms with Crippen molar-refractivity contribution in [2.45, 2.75) is 13.0 Å². The van der Waals surface area contributed by atoms with Crippen LogP contribution in [0.4, 0.5) is 0 Å². The first-order chi connectivity index (χ1) is 8.15. The third kappa shape index (κ3) is 4.68. The van der Waals surface area contributed by atoms with Crippen molar-refractivity contribution in [3.63, 3.8) is 0 Å². The summed E-state index contributed by atoms with van der Waals surface area (Å²) in [6.45, 7) is 2.69. The van der Waals surface area contributed by atoms with E-state index >= 15 is 0 Å². The van der Waals surface area contributed by atoms with Crippen molar-refractivity contribution in [1.82, 2.24) is 5.32 Å². The molecule has 1 unspecified atom stereocenters. The van der Waals surface area contributed by atoms with Crippen LogP contribution >= 0.6 is 11.3 Å². The molecule has 0 spiro atoms. The Hall–Kier alpha value is -1.17. The summed E-state index contributed by atoms with van der Waals surface area (Å²) in [4.78, 5) is 11.1. The topological polar surface area (TPSA) is 58.6 Å². The zero-order valence-corrected chi connectivity index (χ0v) is 10.8. The first-order valence-corrected chi connectivity index (χ1v) is 6.25. The Bertz CT molecular complexity index is 373. The van der Waals surface area contributed by atoms with Gasteiger partial charge in [0, 0.05) is 18.7 Å². The first kappa shape index (κ1) is 13.9. The molecule has 1 heterocycles. The maximum Gasteiger partial charge on any atom is 0.333 e. The zero-order valence-electron chi connectivity index (χ0n) is 9.97. The number of hydrogen-bond donors (Lipinski definition) is 2. The minimum absolute atomic E-state index is 0.329. The molecule has 94 valence electrons. The second-order valence-corrected chi connectivity index (χ2v) is 4.39. The quantitative estimate of drug-likeness (QED) is 0.459. The zero-order chi connectivity index (χ0) is 12.7. The van der Waals surface area contributed by atoms with Crippen molar-refractivity contribution in [3.8, 4) is 0 Å². The molecule has 0 amide bonds. The highest BCUT2D eigenvalue weighted by molar-refractivity contribution is 7.07. The van der Waals surface area contributed by atoms with Gasteiger partial charge in [0.15, 0.2) is 0 Å². The lowest BCUT2D eigenvalue weighted by Crippen LogP contribution is -2.21. The van der Waals surface area contributed by atoms with Gasteiger partial charge in [-0.05, 0) is 29.3 Å². The largest absolute Gasteiger partial charge is 0.466 e. The van der Waals surface area contributed by atoms with Gasteiger partial charge < -0.3 is 15.2 Å². The maximum absolute atomic E-state index is 11.1. The van der Waals surface area contributed by atoms with Crippen LogP contribution in [0.2, 0.25) is 0 Å². The Morgan fingerprint density at radius 2 is 2.47 bits per heavy atom. The minimum Gasteiger partial charge on any atom is -0.466 e. The smallest absolute Gasteiger partial charge is 0.333 e. The number of aliphatic hydroxyl groups is 1. The molecule has 5 heteroatoms. The molecule has 0 saturated heterocycles. The predicted octanol–water partition coefficient (Wildman–Crippen LogP) is 1.49. The molecule has 0 radical (unpaired) electrons. The molecule has 1 aromatic rings. The molecule has 17 heavy (non-hydrogen) atoms. The highest BCUT2D eigenvalue weighted by Crippen LogP contribution is 2.14. The number of thiophene rings is 1. The molecular formula is C12H17NO3S. The molecule has 0 saturated carbocycles. The minimum atomic E-state index is -0.506. The van der Waals surface area contributed by atoms with Crippen molar-refractivity contribution in [3.05, 3.63) is 34.0 Å². The van der Waals surface area contributed by atoms with Gasteiger partial charge in [0.2, 0.25) is 0 Å². The molecule has 0 aliphatic rings. The van der Waals surface area contributed by atoms with Gasteiger partial charge in [-0.3, -0.25) is 0 Å². The summed E-state index contributed by atoms with van der Waals surface area (Å²) in [7, 11) is 1.35. The van der Waals surface area contributed by atoms with Crippen LogP contribution in [0.1, 0.15) is 18.6 Å². The van der Waals surface area contributed by atoms with Crippen molar-refractivity contribution in [1.29, 1.82) is 0 Å². The summed E-state index contributed by atoms with van der Waals surface area (Å²) in [5.41, 5.74) is 1.47. The van der Waals surface area contributed by atoms with Crippen molar-refractivity contribution < 1.29 is 14.6 Å². The molecule has 0 fully saturated rings. The SMILES string of the molecule is COC(=O)/C(C)=C/CNCC(O)c1ccsc1. The van der Waals surface area contributed by atoms with Gasteiger partial charge >= 0.3 is 5.97 Å². The average molecular weight is 255 g/mol. The van der Waals surface area contributed by atoms with E-state index in [1.165, 1.54) is 7.11 Å². The van der Waals surface area contributed by atoms with Gasteiger partial charge in [0.25, 0.3) is 0 Å². The molecule has 2 N–H and O–H groups in total. The normalized spacial score (nSPS) is 13.5. The van der Waals surface area contributed by atoms with Gasteiger partial charge in [0.1, 0.15) is 0 Å². The van der Waals surface area contributed by atoms with E-state index in [0.717, 1.165) is 5.56 Å². The van der Waals surface area contributed by atoms with Crippen LogP contribution in [0.15, 0.2) is 28.5 Å². The number of nitrogens with one attached hydrogen (secondary N) is 1. The van der Waals surface area contributed by atoms with E-state index in [1.807, 2.05) is 16.8 Å². The summed E-state index contributed by atoms with van der Waals surface area (Å²) < 4.78 is 4.57. The van der Waals surface area contributed by atoms with Crippen molar-refractivity contribution in [2.24, 2.45) is 0 Å². The van der Waals surface area contributed by atoms with Crippen LogP contribution in [-0.2, 0) is 9.53 Å². The van der Waals surface area contributed by atoms with Gasteiger partial charge in [0.05, 0.1) is 13.2 Å². The number of methoxy groups -OCH3 is 1. The monoisotopic (exact) mass is 255 g/mol. The van der Waals surface area contributed by atoms with E-state index in [4.69, 9.17) is 0 Å². The number of carbonyl (C=O) groups is 1. The fourth-order valence-corrected chi connectivity index (χ4v) is 1.98. The Kier molecular flexibility index (Phi) is 5.90. The van der Waals surface area contributed by atoms with E-state index in [1.54, 1.807) is 24.3 Å². The highest BCUT2D eigenvalue weighted by Gasteiger charge is 2.06. The molecule has 0 bridgehead atoms. The van der Waals surface area contributed by atoms with Gasteiger partial charge in [-0.1, -0.05) is 6.08 Å². The second kappa shape index (κ2) is 7.21. The van der Waals surface area contributed by atoms with E-state index in [-0.39, 0.29) is 5.97 Å². The Morgan fingerprint density at radius 3 is 3.06 bits per heavy atom. The summed E-state index contributed by atoms with van der Waals surface area (Å²) >= 11 is 1.56. The number of aliphatic hydroxyl groups excluding tert-OH is 1. The third-order valence-electron chi connectivity index (χ3n) is 2.33. The van der Waals surface area contributed by atoms with E-state index in [0.29, 0.717) is 18.7 Å². The lowest BCUT2D eigenvalue weighted by atomic mass is 10.2. The van der Waals surface area contributed by atoms with Gasteiger partial charge in [-0.15, -0.1) is 0 Å². The van der Waals surface area contributed by atoms with Crippen LogP contribution in [-0.4, -0.2) is 31.3 Å². The second-order valence-electron chi connectivity index (χ2n) is 3.61. The fourth-order valence-electron chi connectivity index (χ4n) is 1.27. The lowest BCUT2D eigenvalue weighted by Gasteiger charge is -2.09. The number of carbonyl (C=O) groups excluding carboxylic acids is 1. The van der Waals surface area contributed by atoms with Crippen LogP contribution in [0.25, 0.3) is 0 Å². The molecule has 0 aliphatic carbocycles. The molecule has 1 atom stereocenters. The van der Waals surface area contributed by atoms with Crippen LogP contribution in [0.5, 0.6) is 0 Å². The standard InChI is InChI=1S/C12H17NO3S/c1-9(12(15)16-2)3-5-13-7-11(14)10-4-6-17-8-10/h3-4,6,8,11,13-14H,5,7H2,1-2H3/b9-3+. The first-order valence-electron chi connectivity index (χ1n) is 5.31. The number of hydrogen-bond acceptors (Lipinski definition) is 5. The van der Waals surface area contributed by atoms with Crippen LogP contribution in [0.3, 0.4) is 0 Å². The third-order valence-corrected chi connectivity index (χ3v) is 3.03. The predicted molar refractivity (Wildman–Crippen MR) is 67.9 cm³/mol. The maximum atomic E-state index is 11.1. The van der Waals surface area contributed by atoms with E-state index < -0.39 is 6.10 Å². The molecular weight excluding hydrogens is 238 g/mol. The summed E-state index contributed by atoms with van der Waals surface area (Å²) in [6, 6.07) is 1.90. The van der Waals surface area contributed by atoms with E-state index in [2.05, 4.69) is 10.1 Å². The molecule has 0 aliphatic heterocycles. The average Bonchev–Trinajstić information content (AvgIpc) is 2.86. The molecule has 4 nitrogen and oxygen atoms in total. The number of ether oxygens (including phenoxy) is 1. The van der Waals surface area contributed by atoms with Crippen molar-refractivity contribution >= 4 is 17.3 Å². The van der Waals surface area contributed by atoms with Crippen molar-refractivity contribution in [2.75, 3.05) is 20.2 Å². The summed E-state index contributed by atoms with van der Waals surface area (Å²) in [6.07, 6.45) is 1.24. The van der Waals surface area contributed by atoms with Crippen LogP contribution in [0, 0.1) is 0 Å². The van der Waals surface area contributed by atoms with Gasteiger partial charge in [-0.25, -0.2) is 4.79 Å². The summed E-state index contributed by atoms with van der Waals surface area (Å²) in [5.74, 6) is -0.329. The molecule has 1 rings (SSSR count). The number of esters is 1. The highest BCUT2D eigenvalue weighted by atomic mass is 32.1. The number of rotatable bonds is 6. The Balaban J connectivity index is 2.27. The lowest BCUT2D eigenvalue weighted by molar-refractivity contribution is -0.136.